The van der Waals surface area contributed by atoms with Crippen LogP contribution in [0.4, 0.5) is 0 Å². The Morgan fingerprint density at radius 3 is 1.49 bits per heavy atom. The predicted octanol–water partition coefficient (Wildman–Crippen LogP) is 9.34. The molecule has 0 spiro atoms. The number of carbonyl (C=O) groups excluding carboxylic acids is 2. The summed E-state index contributed by atoms with van der Waals surface area (Å²) in [6.45, 7) is 2.76. The summed E-state index contributed by atoms with van der Waals surface area (Å²) in [5, 5.41) is 8.85. The van der Waals surface area contributed by atoms with Crippen molar-refractivity contribution in [2.75, 3.05) is 19.8 Å². The van der Waals surface area contributed by atoms with E-state index in [9.17, 15) is 23.8 Å². The Labute approximate surface area is 297 Å². The number of hydrogen-bond donors (Lipinski definition) is 3. The molecule has 0 aromatic heterocycles. The number of nitrogens with two attached hydrogens (primary N) is 1. The highest BCUT2D eigenvalue weighted by atomic mass is 31.2. The summed E-state index contributed by atoms with van der Waals surface area (Å²) in [6.07, 6.45) is 30.0. The van der Waals surface area contributed by atoms with Gasteiger partial charge in [0.2, 0.25) is 0 Å². The largest absolute Gasteiger partial charge is 0.480 e. The second-order valence-corrected chi connectivity index (χ2v) is 14.5. The zero-order valence-electron chi connectivity index (χ0n) is 30.8. The molecule has 0 aliphatic heterocycles. The summed E-state index contributed by atoms with van der Waals surface area (Å²) in [4.78, 5) is 45.7. The van der Waals surface area contributed by atoms with Crippen molar-refractivity contribution in [1.82, 2.24) is 0 Å². The van der Waals surface area contributed by atoms with E-state index in [0.29, 0.717) is 12.8 Å². The molecule has 0 fully saturated rings. The van der Waals surface area contributed by atoms with Gasteiger partial charge in [-0.25, -0.2) is 4.57 Å². The first-order chi connectivity index (χ1) is 23.6. The van der Waals surface area contributed by atoms with E-state index < -0.39 is 51.1 Å². The van der Waals surface area contributed by atoms with Gasteiger partial charge in [0.25, 0.3) is 0 Å². The molecule has 4 N–H and O–H groups in total. The van der Waals surface area contributed by atoms with Crippen LogP contribution >= 0.6 is 7.82 Å². The van der Waals surface area contributed by atoms with Crippen molar-refractivity contribution in [2.24, 2.45) is 5.73 Å². The Balaban J connectivity index is 4.41. The molecule has 0 amide bonds. The molecule has 288 valence electrons. The van der Waals surface area contributed by atoms with E-state index in [-0.39, 0.29) is 19.4 Å². The number of carbonyl (C=O) groups is 3. The molecular weight excluding hydrogens is 649 g/mol. The molecule has 49 heavy (non-hydrogen) atoms. The SMILES string of the molecule is CCCCCCCC/C=C/CCCCCCCC(=O)OC[C@@H](COP(=O)(O)OC[C@@H](N)C(=O)O)OC(=O)CCCCCCCCCCCC. The van der Waals surface area contributed by atoms with E-state index >= 15 is 0 Å². The lowest BCUT2D eigenvalue weighted by Crippen LogP contribution is -2.34. The Bertz CT molecular complexity index is 900. The summed E-state index contributed by atoms with van der Waals surface area (Å²) in [5.41, 5.74) is 5.31. The third kappa shape index (κ3) is 33.1. The fourth-order valence-corrected chi connectivity index (χ4v) is 5.95. The average molecular weight is 720 g/mol. The highest BCUT2D eigenvalue weighted by Crippen LogP contribution is 2.43. The number of carboxylic acids is 1. The molecule has 3 atom stereocenters. The van der Waals surface area contributed by atoms with Crippen molar-refractivity contribution >= 4 is 25.7 Å². The van der Waals surface area contributed by atoms with E-state index in [1.807, 2.05) is 0 Å². The Hall–Kier alpha value is -1.78. The lowest BCUT2D eigenvalue weighted by atomic mass is 10.1. The number of phosphoric acid groups is 1. The first-order valence-corrected chi connectivity index (χ1v) is 20.7. The van der Waals surface area contributed by atoms with Gasteiger partial charge in [-0.05, 0) is 38.5 Å². The summed E-state index contributed by atoms with van der Waals surface area (Å²) in [5.74, 6) is -2.38. The van der Waals surface area contributed by atoms with Crippen LogP contribution < -0.4 is 5.73 Å². The molecule has 0 aromatic rings. The van der Waals surface area contributed by atoms with Crippen molar-refractivity contribution in [1.29, 1.82) is 0 Å². The van der Waals surface area contributed by atoms with E-state index in [4.69, 9.17) is 24.8 Å². The third-order valence-electron chi connectivity index (χ3n) is 8.26. The number of aliphatic carboxylic acids is 1. The van der Waals surface area contributed by atoms with Gasteiger partial charge >= 0.3 is 25.7 Å². The minimum atomic E-state index is -4.70. The number of unbranched alkanes of at least 4 members (excludes halogenated alkanes) is 20. The van der Waals surface area contributed by atoms with Crippen LogP contribution in [0.25, 0.3) is 0 Å². The van der Waals surface area contributed by atoms with Gasteiger partial charge in [0.05, 0.1) is 13.2 Å². The van der Waals surface area contributed by atoms with Gasteiger partial charge in [0.1, 0.15) is 12.6 Å². The molecule has 0 radical (unpaired) electrons. The molecule has 0 bridgehead atoms. The van der Waals surface area contributed by atoms with E-state index in [0.717, 1.165) is 57.8 Å². The maximum atomic E-state index is 12.5. The zero-order valence-corrected chi connectivity index (χ0v) is 31.7. The van der Waals surface area contributed by atoms with Crippen LogP contribution in [0.3, 0.4) is 0 Å². The van der Waals surface area contributed by atoms with Crippen molar-refractivity contribution < 1.29 is 47.5 Å². The first kappa shape index (κ1) is 47.2. The average Bonchev–Trinajstić information content (AvgIpc) is 3.07. The standard InChI is InChI=1S/C37H70NO10P/c1-3-5-7-9-11-13-15-16-17-18-19-21-22-24-26-28-35(39)45-30-33(31-46-49(43,44)47-32-34(38)37(41)42)48-36(40)29-27-25-23-20-14-12-10-8-6-4-2/h16-17,33-34H,3-15,18-32,38H2,1-2H3,(H,41,42)(H,43,44)/b17-16+/t33-,34+/m0/s1. The summed E-state index contributed by atoms with van der Waals surface area (Å²) < 4.78 is 32.5. The quantitative estimate of drug-likeness (QED) is 0.0244. The van der Waals surface area contributed by atoms with Gasteiger partial charge in [-0.1, -0.05) is 135 Å². The monoisotopic (exact) mass is 719 g/mol. The molecule has 0 aromatic carbocycles. The number of ether oxygens (including phenoxy) is 2. The van der Waals surface area contributed by atoms with Crippen molar-refractivity contribution in [3.63, 3.8) is 0 Å². The van der Waals surface area contributed by atoms with Gasteiger partial charge in [0.15, 0.2) is 6.10 Å². The minimum absolute atomic E-state index is 0.163. The second kappa shape index (κ2) is 33.4. The summed E-state index contributed by atoms with van der Waals surface area (Å²) >= 11 is 0. The molecule has 0 rings (SSSR count). The van der Waals surface area contributed by atoms with Crippen LogP contribution in [0, 0.1) is 0 Å². The van der Waals surface area contributed by atoms with Gasteiger partial charge in [-0.15, -0.1) is 0 Å². The van der Waals surface area contributed by atoms with Crippen LogP contribution in [0.2, 0.25) is 0 Å². The molecule has 12 heteroatoms. The molecule has 0 aliphatic rings. The molecular formula is C37H70NO10P. The Morgan fingerprint density at radius 2 is 1.02 bits per heavy atom. The minimum Gasteiger partial charge on any atom is -0.480 e. The van der Waals surface area contributed by atoms with Crippen LogP contribution in [0.15, 0.2) is 12.2 Å². The molecule has 1 unspecified atom stereocenters. The normalized spacial score (nSPS) is 14.0. The second-order valence-electron chi connectivity index (χ2n) is 13.1. The van der Waals surface area contributed by atoms with Crippen LogP contribution in [-0.4, -0.2) is 59.9 Å². The molecule has 0 saturated carbocycles. The summed E-state index contributed by atoms with van der Waals surface area (Å²) in [7, 11) is -4.70. The van der Waals surface area contributed by atoms with Crippen LogP contribution in [0.5, 0.6) is 0 Å². The lowest BCUT2D eigenvalue weighted by molar-refractivity contribution is -0.161. The molecule has 0 saturated heterocycles. The van der Waals surface area contributed by atoms with Crippen molar-refractivity contribution in [2.45, 2.75) is 187 Å². The first-order valence-electron chi connectivity index (χ1n) is 19.2. The highest BCUT2D eigenvalue weighted by molar-refractivity contribution is 7.47. The van der Waals surface area contributed by atoms with E-state index in [2.05, 4.69) is 30.5 Å². The number of esters is 2. The predicted molar refractivity (Wildman–Crippen MR) is 194 cm³/mol. The van der Waals surface area contributed by atoms with Gasteiger partial charge in [-0.3, -0.25) is 23.4 Å². The van der Waals surface area contributed by atoms with Crippen LogP contribution in [0.1, 0.15) is 174 Å². The third-order valence-corrected chi connectivity index (χ3v) is 9.21. The number of allylic oxidation sites excluding steroid dienone is 2. The lowest BCUT2D eigenvalue weighted by Gasteiger charge is -2.20. The fourth-order valence-electron chi connectivity index (χ4n) is 5.18. The highest BCUT2D eigenvalue weighted by Gasteiger charge is 2.28. The molecule has 11 nitrogen and oxygen atoms in total. The van der Waals surface area contributed by atoms with Crippen molar-refractivity contribution in [3.05, 3.63) is 12.2 Å². The number of phosphoric ester groups is 1. The number of rotatable bonds is 36. The van der Waals surface area contributed by atoms with Crippen LogP contribution in [-0.2, 0) is 37.5 Å². The number of carboxylic acid groups (broad SMARTS) is 1. The Morgan fingerprint density at radius 1 is 0.612 bits per heavy atom. The molecule has 0 heterocycles. The van der Waals surface area contributed by atoms with E-state index in [1.54, 1.807) is 0 Å². The number of hydrogen-bond acceptors (Lipinski definition) is 9. The van der Waals surface area contributed by atoms with Gasteiger partial charge in [-0.2, -0.15) is 0 Å². The maximum absolute atomic E-state index is 12.5. The van der Waals surface area contributed by atoms with Gasteiger partial charge < -0.3 is 25.2 Å². The topological polar surface area (TPSA) is 172 Å². The Kier molecular flexibility index (Phi) is 32.2. The smallest absolute Gasteiger partial charge is 0.472 e. The van der Waals surface area contributed by atoms with Gasteiger partial charge in [0, 0.05) is 12.8 Å². The van der Waals surface area contributed by atoms with Crippen molar-refractivity contribution in [3.8, 4) is 0 Å². The maximum Gasteiger partial charge on any atom is 0.472 e. The van der Waals surface area contributed by atoms with E-state index in [1.165, 1.54) is 77.0 Å². The molecule has 0 aliphatic carbocycles. The zero-order chi connectivity index (χ0) is 36.4. The summed E-state index contributed by atoms with van der Waals surface area (Å²) in [6, 6.07) is -1.52. The fraction of sp³-hybridized carbons (Fsp3) is 0.865.